The summed E-state index contributed by atoms with van der Waals surface area (Å²) >= 11 is 0. The summed E-state index contributed by atoms with van der Waals surface area (Å²) in [5, 5.41) is 11.9. The van der Waals surface area contributed by atoms with E-state index in [4.69, 9.17) is 9.84 Å². The van der Waals surface area contributed by atoms with Gasteiger partial charge < -0.3 is 20.1 Å². The molecular weight excluding hydrogens is 344 g/mol. The van der Waals surface area contributed by atoms with Gasteiger partial charge in [0, 0.05) is 18.7 Å². The van der Waals surface area contributed by atoms with Crippen LogP contribution < -0.4 is 10.1 Å². The molecule has 2 aromatic carbocycles. The van der Waals surface area contributed by atoms with E-state index in [0.29, 0.717) is 39.1 Å². The highest BCUT2D eigenvalue weighted by molar-refractivity contribution is 5.75. The van der Waals surface area contributed by atoms with Crippen molar-refractivity contribution in [2.24, 2.45) is 5.92 Å². The van der Waals surface area contributed by atoms with Crippen molar-refractivity contribution in [3.63, 3.8) is 0 Å². The molecule has 1 aliphatic heterocycles. The number of amides is 2. The average molecular weight is 368 g/mol. The molecule has 0 saturated carbocycles. The van der Waals surface area contributed by atoms with Crippen molar-refractivity contribution < 1.29 is 19.4 Å². The van der Waals surface area contributed by atoms with E-state index in [1.807, 2.05) is 54.6 Å². The van der Waals surface area contributed by atoms with Gasteiger partial charge in [-0.15, -0.1) is 0 Å². The van der Waals surface area contributed by atoms with Crippen molar-refractivity contribution in [2.45, 2.75) is 12.8 Å². The number of piperidine rings is 1. The molecule has 27 heavy (non-hydrogen) atoms. The predicted octanol–water partition coefficient (Wildman–Crippen LogP) is 3.24. The van der Waals surface area contributed by atoms with Gasteiger partial charge in [-0.1, -0.05) is 48.5 Å². The molecule has 1 aliphatic rings. The van der Waals surface area contributed by atoms with E-state index in [1.165, 1.54) is 0 Å². The number of aliphatic carboxylic acids is 1. The van der Waals surface area contributed by atoms with Crippen LogP contribution in [-0.2, 0) is 4.79 Å². The van der Waals surface area contributed by atoms with Crippen LogP contribution in [0.5, 0.6) is 5.75 Å². The molecule has 1 saturated heterocycles. The fourth-order valence-electron chi connectivity index (χ4n) is 3.21. The average Bonchev–Trinajstić information content (AvgIpc) is 2.72. The molecule has 2 aromatic rings. The Morgan fingerprint density at radius 1 is 1.04 bits per heavy atom. The molecule has 0 aliphatic carbocycles. The molecule has 1 fully saturated rings. The maximum absolute atomic E-state index is 12.2. The number of benzene rings is 2. The second-order valence-electron chi connectivity index (χ2n) is 6.54. The summed E-state index contributed by atoms with van der Waals surface area (Å²) in [4.78, 5) is 24.8. The van der Waals surface area contributed by atoms with Crippen molar-refractivity contribution in [3.05, 3.63) is 54.6 Å². The van der Waals surface area contributed by atoms with E-state index < -0.39 is 5.97 Å². The summed E-state index contributed by atoms with van der Waals surface area (Å²) in [7, 11) is 0. The van der Waals surface area contributed by atoms with E-state index in [9.17, 15) is 9.59 Å². The number of para-hydroxylation sites is 1. The second kappa shape index (κ2) is 9.07. The van der Waals surface area contributed by atoms with Crippen LogP contribution in [-0.4, -0.2) is 48.2 Å². The zero-order valence-electron chi connectivity index (χ0n) is 15.1. The number of rotatable bonds is 6. The first-order valence-electron chi connectivity index (χ1n) is 9.18. The highest BCUT2D eigenvalue weighted by Gasteiger charge is 2.26. The number of urea groups is 1. The Morgan fingerprint density at radius 2 is 1.70 bits per heavy atom. The van der Waals surface area contributed by atoms with Gasteiger partial charge in [0.2, 0.25) is 0 Å². The van der Waals surface area contributed by atoms with Crippen molar-refractivity contribution in [1.82, 2.24) is 10.2 Å². The van der Waals surface area contributed by atoms with Gasteiger partial charge in [-0.25, -0.2) is 4.79 Å². The minimum atomic E-state index is -0.777. The lowest BCUT2D eigenvalue weighted by atomic mass is 9.97. The number of nitrogens with zero attached hydrogens (tertiary/aromatic N) is 1. The van der Waals surface area contributed by atoms with Crippen LogP contribution in [0.1, 0.15) is 12.8 Å². The standard InChI is InChI=1S/C21H24N2O4/c24-20(25)17-10-13-23(14-11-17)21(26)22-12-15-27-19-9-5-4-8-18(19)16-6-2-1-3-7-16/h1-9,17H,10-15H2,(H,22,26)(H,24,25). The second-order valence-corrected chi connectivity index (χ2v) is 6.54. The summed E-state index contributed by atoms with van der Waals surface area (Å²) in [5.74, 6) is -0.340. The summed E-state index contributed by atoms with van der Waals surface area (Å²) in [6.45, 7) is 1.70. The first kappa shape index (κ1) is 18.8. The van der Waals surface area contributed by atoms with Crippen molar-refractivity contribution in [2.75, 3.05) is 26.2 Å². The van der Waals surface area contributed by atoms with Crippen LogP contribution in [0, 0.1) is 5.92 Å². The Hall–Kier alpha value is -3.02. The minimum absolute atomic E-state index is 0.168. The zero-order valence-corrected chi connectivity index (χ0v) is 15.1. The Kier molecular flexibility index (Phi) is 6.30. The third-order valence-electron chi connectivity index (χ3n) is 4.74. The molecule has 0 radical (unpaired) electrons. The Labute approximate surface area is 158 Å². The number of carboxylic acid groups (broad SMARTS) is 1. The predicted molar refractivity (Wildman–Crippen MR) is 103 cm³/mol. The quantitative estimate of drug-likeness (QED) is 0.767. The fraction of sp³-hybridized carbons (Fsp3) is 0.333. The molecule has 0 atom stereocenters. The summed E-state index contributed by atoms with van der Waals surface area (Å²) in [5.41, 5.74) is 2.10. The lowest BCUT2D eigenvalue weighted by Crippen LogP contribution is -2.46. The number of likely N-dealkylation sites (tertiary alicyclic amines) is 1. The van der Waals surface area contributed by atoms with E-state index in [-0.39, 0.29) is 11.9 Å². The molecule has 0 spiro atoms. The molecular formula is C21H24N2O4. The lowest BCUT2D eigenvalue weighted by Gasteiger charge is -2.30. The number of carbonyl (C=O) groups excluding carboxylic acids is 1. The van der Waals surface area contributed by atoms with Crippen molar-refractivity contribution in [1.29, 1.82) is 0 Å². The largest absolute Gasteiger partial charge is 0.491 e. The number of ether oxygens (including phenoxy) is 1. The van der Waals surface area contributed by atoms with E-state index in [1.54, 1.807) is 4.90 Å². The molecule has 3 rings (SSSR count). The van der Waals surface area contributed by atoms with Gasteiger partial charge >= 0.3 is 12.0 Å². The first-order chi connectivity index (χ1) is 13.1. The van der Waals surface area contributed by atoms with Crippen LogP contribution in [0.4, 0.5) is 4.79 Å². The van der Waals surface area contributed by atoms with E-state index in [2.05, 4.69) is 5.32 Å². The Balaban J connectivity index is 1.46. The molecule has 1 heterocycles. The zero-order chi connectivity index (χ0) is 19.1. The van der Waals surface area contributed by atoms with Gasteiger partial charge in [0.15, 0.2) is 0 Å². The SMILES string of the molecule is O=C(O)C1CCN(C(=O)NCCOc2ccccc2-c2ccccc2)CC1. The van der Waals surface area contributed by atoms with Crippen LogP contribution in [0.15, 0.2) is 54.6 Å². The molecule has 142 valence electrons. The maximum Gasteiger partial charge on any atom is 0.317 e. The highest BCUT2D eigenvalue weighted by Crippen LogP contribution is 2.29. The Morgan fingerprint density at radius 3 is 2.41 bits per heavy atom. The normalized spacial score (nSPS) is 14.6. The Bertz CT molecular complexity index is 771. The van der Waals surface area contributed by atoms with Gasteiger partial charge in [-0.2, -0.15) is 0 Å². The van der Waals surface area contributed by atoms with Gasteiger partial charge in [-0.3, -0.25) is 4.79 Å². The number of hydrogen-bond donors (Lipinski definition) is 2. The molecule has 0 bridgehead atoms. The highest BCUT2D eigenvalue weighted by atomic mass is 16.5. The van der Waals surface area contributed by atoms with Gasteiger partial charge in [-0.05, 0) is 24.5 Å². The van der Waals surface area contributed by atoms with Crippen molar-refractivity contribution in [3.8, 4) is 16.9 Å². The molecule has 2 N–H and O–H groups in total. The summed E-state index contributed by atoms with van der Waals surface area (Å²) in [6, 6.07) is 17.7. The lowest BCUT2D eigenvalue weighted by molar-refractivity contribution is -0.143. The topological polar surface area (TPSA) is 78.9 Å². The fourth-order valence-corrected chi connectivity index (χ4v) is 3.21. The maximum atomic E-state index is 12.2. The van der Waals surface area contributed by atoms with Gasteiger partial charge in [0.05, 0.1) is 12.5 Å². The first-order valence-corrected chi connectivity index (χ1v) is 9.18. The van der Waals surface area contributed by atoms with E-state index >= 15 is 0 Å². The van der Waals surface area contributed by atoms with Gasteiger partial charge in [0.25, 0.3) is 0 Å². The molecule has 0 unspecified atom stereocenters. The molecule has 6 heteroatoms. The van der Waals surface area contributed by atoms with E-state index in [0.717, 1.165) is 16.9 Å². The van der Waals surface area contributed by atoms with Crippen LogP contribution >= 0.6 is 0 Å². The third kappa shape index (κ3) is 5.00. The molecule has 2 amide bonds. The molecule has 6 nitrogen and oxygen atoms in total. The van der Waals surface area contributed by atoms with Crippen LogP contribution in [0.25, 0.3) is 11.1 Å². The number of nitrogens with one attached hydrogen (secondary N) is 1. The molecule has 0 aromatic heterocycles. The number of hydrogen-bond acceptors (Lipinski definition) is 3. The minimum Gasteiger partial charge on any atom is -0.491 e. The monoisotopic (exact) mass is 368 g/mol. The smallest absolute Gasteiger partial charge is 0.317 e. The van der Waals surface area contributed by atoms with Crippen LogP contribution in [0.2, 0.25) is 0 Å². The van der Waals surface area contributed by atoms with Crippen molar-refractivity contribution >= 4 is 12.0 Å². The summed E-state index contributed by atoms with van der Waals surface area (Å²) < 4.78 is 5.87. The number of carboxylic acids is 1. The summed E-state index contributed by atoms with van der Waals surface area (Å²) in [6.07, 6.45) is 1.01. The van der Waals surface area contributed by atoms with Gasteiger partial charge in [0.1, 0.15) is 12.4 Å². The van der Waals surface area contributed by atoms with Crippen LogP contribution in [0.3, 0.4) is 0 Å². The third-order valence-corrected chi connectivity index (χ3v) is 4.74. The number of carbonyl (C=O) groups is 2.